The third-order valence-corrected chi connectivity index (χ3v) is 5.66. The van der Waals surface area contributed by atoms with Gasteiger partial charge in [0.05, 0.1) is 127 Å². The molecule has 0 aliphatic carbocycles. The zero-order valence-corrected chi connectivity index (χ0v) is 19.5. The van der Waals surface area contributed by atoms with Gasteiger partial charge in [-0.3, -0.25) is 0 Å². The van der Waals surface area contributed by atoms with Crippen LogP contribution in [0.5, 0.6) is 0 Å². The van der Waals surface area contributed by atoms with E-state index in [4.69, 9.17) is 70.8 Å². The molecule has 0 aromatic heterocycles. The van der Waals surface area contributed by atoms with E-state index in [9.17, 15) is 0 Å². The zero-order chi connectivity index (χ0) is 26.7. The van der Waals surface area contributed by atoms with Gasteiger partial charge in [0.25, 0.3) is 0 Å². The molecule has 0 fully saturated rings. The first-order chi connectivity index (χ1) is 16.1. The van der Waals surface area contributed by atoms with Gasteiger partial charge in [-0.1, -0.05) is 0 Å². The van der Waals surface area contributed by atoms with Crippen LogP contribution >= 0.6 is 0 Å². The van der Waals surface area contributed by atoms with Crippen molar-refractivity contribution in [2.24, 2.45) is 21.7 Å². The lowest BCUT2D eigenvalue weighted by molar-refractivity contribution is -0.103. The SMILES string of the molecule is OCC(CO)(CO)COCC(CO)(CO)CO.OCC(CO)(CO)COCC(CO)(CO)CO. The summed E-state index contributed by atoms with van der Waals surface area (Å²) in [5.74, 6) is 0. The molecule has 0 saturated heterocycles. The predicted molar refractivity (Wildman–Crippen MR) is 116 cm³/mol. The van der Waals surface area contributed by atoms with Crippen LogP contribution in [-0.4, -0.2) is 167 Å². The summed E-state index contributed by atoms with van der Waals surface area (Å²) in [7, 11) is 0. The monoisotopic (exact) mass is 508 g/mol. The Kier molecular flexibility index (Phi) is 19.6. The van der Waals surface area contributed by atoms with E-state index in [0.717, 1.165) is 0 Å². The molecule has 0 saturated carbocycles. The smallest absolute Gasteiger partial charge is 0.0629 e. The van der Waals surface area contributed by atoms with Gasteiger partial charge >= 0.3 is 0 Å². The van der Waals surface area contributed by atoms with Crippen molar-refractivity contribution >= 4 is 0 Å². The largest absolute Gasteiger partial charge is 0.396 e. The van der Waals surface area contributed by atoms with Gasteiger partial charge in [0.1, 0.15) is 0 Å². The predicted octanol–water partition coefficient (Wildman–Crippen LogP) is -6.14. The maximum absolute atomic E-state index is 9.03. The molecule has 14 nitrogen and oxygen atoms in total. The minimum Gasteiger partial charge on any atom is -0.396 e. The van der Waals surface area contributed by atoms with Crippen LogP contribution in [0.15, 0.2) is 0 Å². The van der Waals surface area contributed by atoms with Crippen LogP contribution in [0.25, 0.3) is 0 Å². The summed E-state index contributed by atoms with van der Waals surface area (Å²) in [6, 6.07) is 0. The van der Waals surface area contributed by atoms with Crippen molar-refractivity contribution in [3.8, 4) is 0 Å². The first-order valence-corrected chi connectivity index (χ1v) is 10.6. The molecule has 0 aromatic rings. The van der Waals surface area contributed by atoms with Gasteiger partial charge in [0.15, 0.2) is 0 Å². The van der Waals surface area contributed by atoms with Crippen molar-refractivity contribution in [3.63, 3.8) is 0 Å². The van der Waals surface area contributed by atoms with Crippen LogP contribution in [0.1, 0.15) is 0 Å². The van der Waals surface area contributed by atoms with E-state index in [1.165, 1.54) is 0 Å². The Hall–Kier alpha value is -0.560. The van der Waals surface area contributed by atoms with E-state index < -0.39 is 101 Å². The van der Waals surface area contributed by atoms with Crippen LogP contribution in [-0.2, 0) is 9.47 Å². The summed E-state index contributed by atoms with van der Waals surface area (Å²) >= 11 is 0. The highest BCUT2D eigenvalue weighted by atomic mass is 16.5. The van der Waals surface area contributed by atoms with E-state index >= 15 is 0 Å². The number of hydrogen-bond acceptors (Lipinski definition) is 14. The molecule has 0 aromatic carbocycles. The van der Waals surface area contributed by atoms with Crippen molar-refractivity contribution in [3.05, 3.63) is 0 Å². The number of aliphatic hydroxyl groups is 12. The second kappa shape index (κ2) is 18.7. The Morgan fingerprint density at radius 2 is 0.382 bits per heavy atom. The fourth-order valence-corrected chi connectivity index (χ4v) is 2.12. The Labute approximate surface area is 198 Å². The second-order valence-electron chi connectivity index (χ2n) is 8.88. The topological polar surface area (TPSA) is 261 Å². The average Bonchev–Trinajstić information content (AvgIpc) is 2.91. The van der Waals surface area contributed by atoms with Gasteiger partial charge in [0, 0.05) is 0 Å². The Morgan fingerprint density at radius 3 is 0.471 bits per heavy atom. The Bertz CT molecular complexity index is 347. The summed E-state index contributed by atoms with van der Waals surface area (Å²) in [5.41, 5.74) is -4.64. The van der Waals surface area contributed by atoms with E-state index in [2.05, 4.69) is 0 Å². The molecule has 0 radical (unpaired) electrons. The molecule has 208 valence electrons. The molecule has 0 aliphatic heterocycles. The minimum absolute atomic E-state index is 0.141. The lowest BCUT2D eigenvalue weighted by atomic mass is 9.91. The average molecular weight is 509 g/mol. The Balaban J connectivity index is 0. The molecule has 34 heavy (non-hydrogen) atoms. The van der Waals surface area contributed by atoms with Gasteiger partial charge < -0.3 is 70.8 Å². The molecule has 0 atom stereocenters. The molecule has 0 aliphatic rings. The highest BCUT2D eigenvalue weighted by Gasteiger charge is 2.34. The fourth-order valence-electron chi connectivity index (χ4n) is 2.12. The maximum Gasteiger partial charge on any atom is 0.0629 e. The standard InChI is InChI=1S/2C10H22O7/c2*11-1-9(2-12,3-13)7-17-8-10(4-14,5-15)6-16/h2*11-16H,1-8H2. The molecule has 14 heteroatoms. The lowest BCUT2D eigenvalue weighted by Gasteiger charge is -2.31. The minimum atomic E-state index is -1.16. The summed E-state index contributed by atoms with van der Waals surface area (Å²) in [6.07, 6.45) is 0. The molecule has 0 amide bonds. The molecule has 0 heterocycles. The first kappa shape index (κ1) is 35.6. The fraction of sp³-hybridized carbons (Fsp3) is 1.00. The third kappa shape index (κ3) is 11.0. The van der Waals surface area contributed by atoms with Crippen molar-refractivity contribution in [1.82, 2.24) is 0 Å². The van der Waals surface area contributed by atoms with Crippen molar-refractivity contribution < 1.29 is 70.8 Å². The summed E-state index contributed by atoms with van der Waals surface area (Å²) < 4.78 is 10.3. The highest BCUT2D eigenvalue weighted by Crippen LogP contribution is 2.21. The number of hydrogen-bond donors (Lipinski definition) is 12. The molecule has 0 spiro atoms. The van der Waals surface area contributed by atoms with Gasteiger partial charge in [-0.2, -0.15) is 0 Å². The highest BCUT2D eigenvalue weighted by molar-refractivity contribution is 4.81. The van der Waals surface area contributed by atoms with Crippen molar-refractivity contribution in [2.45, 2.75) is 0 Å². The molecular formula is C20H44O14. The van der Waals surface area contributed by atoms with E-state index in [1.807, 2.05) is 0 Å². The van der Waals surface area contributed by atoms with Gasteiger partial charge in [-0.25, -0.2) is 0 Å². The van der Waals surface area contributed by atoms with E-state index in [1.54, 1.807) is 0 Å². The summed E-state index contributed by atoms with van der Waals surface area (Å²) in [5, 5.41) is 108. The quantitative estimate of drug-likeness (QED) is 0.0730. The Morgan fingerprint density at radius 1 is 0.265 bits per heavy atom. The first-order valence-electron chi connectivity index (χ1n) is 10.6. The van der Waals surface area contributed by atoms with Crippen molar-refractivity contribution in [2.75, 3.05) is 106 Å². The molecular weight excluding hydrogens is 464 g/mol. The van der Waals surface area contributed by atoms with E-state index in [0.29, 0.717) is 0 Å². The van der Waals surface area contributed by atoms with Crippen LogP contribution in [0.3, 0.4) is 0 Å². The van der Waals surface area contributed by atoms with Crippen LogP contribution in [0, 0.1) is 21.7 Å². The van der Waals surface area contributed by atoms with E-state index in [-0.39, 0.29) is 26.4 Å². The molecule has 0 rings (SSSR count). The van der Waals surface area contributed by atoms with Crippen LogP contribution in [0.2, 0.25) is 0 Å². The van der Waals surface area contributed by atoms with Gasteiger partial charge in [0.2, 0.25) is 0 Å². The van der Waals surface area contributed by atoms with Crippen LogP contribution < -0.4 is 0 Å². The second-order valence-corrected chi connectivity index (χ2v) is 8.88. The third-order valence-electron chi connectivity index (χ3n) is 5.66. The molecule has 12 N–H and O–H groups in total. The number of ether oxygens (including phenoxy) is 2. The normalized spacial score (nSPS) is 13.1. The lowest BCUT2D eigenvalue weighted by Crippen LogP contribution is -2.43. The van der Waals surface area contributed by atoms with Crippen LogP contribution in [0.4, 0.5) is 0 Å². The summed E-state index contributed by atoms with van der Waals surface area (Å²) in [4.78, 5) is 0. The molecule has 0 unspecified atom stereocenters. The number of rotatable bonds is 20. The molecule has 0 bridgehead atoms. The zero-order valence-electron chi connectivity index (χ0n) is 19.5. The van der Waals surface area contributed by atoms with Gasteiger partial charge in [-0.05, 0) is 0 Å². The summed E-state index contributed by atoms with van der Waals surface area (Å²) in [6.45, 7) is -6.01. The number of aliphatic hydroxyl groups excluding tert-OH is 12. The van der Waals surface area contributed by atoms with Gasteiger partial charge in [-0.15, -0.1) is 0 Å². The maximum atomic E-state index is 9.03. The van der Waals surface area contributed by atoms with Crippen molar-refractivity contribution in [1.29, 1.82) is 0 Å².